The van der Waals surface area contributed by atoms with Gasteiger partial charge in [0.2, 0.25) is 5.91 Å². The highest BCUT2D eigenvalue weighted by Crippen LogP contribution is 2.13. The van der Waals surface area contributed by atoms with Crippen LogP contribution >= 0.6 is 11.6 Å². The fourth-order valence-corrected chi connectivity index (χ4v) is 1.95. The number of halogens is 1. The molecule has 1 unspecified atom stereocenters. The Hall–Kier alpha value is -1.13. The van der Waals surface area contributed by atoms with Crippen molar-refractivity contribution in [3.05, 3.63) is 29.0 Å². The molecule has 86 valence electrons. The summed E-state index contributed by atoms with van der Waals surface area (Å²) in [5.41, 5.74) is 1.03. The normalized spacial score (nSPS) is 19.8. The van der Waals surface area contributed by atoms with Gasteiger partial charge in [-0.05, 0) is 18.1 Å². The molecule has 1 aromatic heterocycles. The van der Waals surface area contributed by atoms with Crippen LogP contribution in [0.1, 0.15) is 18.4 Å². The lowest BCUT2D eigenvalue weighted by molar-refractivity contribution is -0.119. The Morgan fingerprint density at radius 2 is 2.50 bits per heavy atom. The third kappa shape index (κ3) is 2.93. The topological polar surface area (TPSA) is 54.0 Å². The zero-order valence-electron chi connectivity index (χ0n) is 8.87. The number of aromatic nitrogens is 1. The van der Waals surface area contributed by atoms with Gasteiger partial charge in [0.05, 0.1) is 5.02 Å². The summed E-state index contributed by atoms with van der Waals surface area (Å²) in [5, 5.41) is 6.86. The van der Waals surface area contributed by atoms with Crippen LogP contribution in [0.3, 0.4) is 0 Å². The first-order valence-corrected chi connectivity index (χ1v) is 5.72. The summed E-state index contributed by atoms with van der Waals surface area (Å²) >= 11 is 5.97. The molecule has 0 radical (unpaired) electrons. The average Bonchev–Trinajstić information content (AvgIpc) is 2.67. The van der Waals surface area contributed by atoms with Gasteiger partial charge in [0.1, 0.15) is 0 Å². The summed E-state index contributed by atoms with van der Waals surface area (Å²) in [6, 6.07) is 2.15. The van der Waals surface area contributed by atoms with Gasteiger partial charge < -0.3 is 10.6 Å². The highest BCUT2D eigenvalue weighted by molar-refractivity contribution is 6.31. The number of hydrogen-bond donors (Lipinski definition) is 2. The monoisotopic (exact) mass is 239 g/mol. The molecule has 0 aliphatic carbocycles. The lowest BCUT2D eigenvalue weighted by atomic mass is 10.2. The van der Waals surface area contributed by atoms with Crippen LogP contribution in [0.15, 0.2) is 18.5 Å². The first-order chi connectivity index (χ1) is 7.75. The largest absolute Gasteiger partial charge is 0.352 e. The second-order valence-electron chi connectivity index (χ2n) is 3.90. The molecule has 2 heterocycles. The molecule has 1 aliphatic rings. The SMILES string of the molecule is O=C1CCC(CNCc2ccncc2Cl)N1. The van der Waals surface area contributed by atoms with E-state index in [9.17, 15) is 4.79 Å². The minimum absolute atomic E-state index is 0.147. The summed E-state index contributed by atoms with van der Waals surface area (Å²) in [4.78, 5) is 14.9. The van der Waals surface area contributed by atoms with Crippen LogP contribution in [0.4, 0.5) is 0 Å². The fourth-order valence-electron chi connectivity index (χ4n) is 1.76. The third-order valence-corrected chi connectivity index (χ3v) is 2.99. The van der Waals surface area contributed by atoms with Crippen LogP contribution in [0, 0.1) is 0 Å². The smallest absolute Gasteiger partial charge is 0.220 e. The van der Waals surface area contributed by atoms with E-state index >= 15 is 0 Å². The van der Waals surface area contributed by atoms with E-state index in [1.807, 2.05) is 6.07 Å². The first kappa shape index (κ1) is 11.4. The van der Waals surface area contributed by atoms with Crippen LogP contribution in [0.25, 0.3) is 0 Å². The van der Waals surface area contributed by atoms with Gasteiger partial charge in [-0.2, -0.15) is 0 Å². The summed E-state index contributed by atoms with van der Waals surface area (Å²) in [5.74, 6) is 0.147. The number of carbonyl (C=O) groups is 1. The molecule has 1 fully saturated rings. The van der Waals surface area contributed by atoms with Gasteiger partial charge in [0, 0.05) is 37.9 Å². The number of carbonyl (C=O) groups excluding carboxylic acids is 1. The number of nitrogens with zero attached hydrogens (tertiary/aromatic N) is 1. The van der Waals surface area contributed by atoms with E-state index in [1.165, 1.54) is 0 Å². The molecular formula is C11H14ClN3O. The van der Waals surface area contributed by atoms with Crippen molar-refractivity contribution in [2.45, 2.75) is 25.4 Å². The van der Waals surface area contributed by atoms with Crippen LogP contribution in [0.5, 0.6) is 0 Å². The maximum absolute atomic E-state index is 11.0. The predicted molar refractivity (Wildman–Crippen MR) is 62.1 cm³/mol. The highest BCUT2D eigenvalue weighted by atomic mass is 35.5. The molecule has 1 aromatic rings. The van der Waals surface area contributed by atoms with Crippen LogP contribution < -0.4 is 10.6 Å². The van der Waals surface area contributed by atoms with Gasteiger partial charge in [-0.3, -0.25) is 9.78 Å². The Kier molecular flexibility index (Phi) is 3.74. The Labute approximate surface area is 99.4 Å². The lowest BCUT2D eigenvalue weighted by Crippen LogP contribution is -2.35. The molecule has 0 spiro atoms. The summed E-state index contributed by atoms with van der Waals surface area (Å²) in [7, 11) is 0. The molecule has 0 aromatic carbocycles. The zero-order valence-corrected chi connectivity index (χ0v) is 9.63. The van der Waals surface area contributed by atoms with Crippen LogP contribution in [-0.4, -0.2) is 23.5 Å². The predicted octanol–water partition coefficient (Wildman–Crippen LogP) is 1.10. The van der Waals surface area contributed by atoms with Gasteiger partial charge in [-0.25, -0.2) is 0 Å². The first-order valence-electron chi connectivity index (χ1n) is 5.34. The van der Waals surface area contributed by atoms with Gasteiger partial charge in [-0.15, -0.1) is 0 Å². The molecule has 1 atom stereocenters. The summed E-state index contributed by atoms with van der Waals surface area (Å²) in [6.07, 6.45) is 4.91. The number of rotatable bonds is 4. The van der Waals surface area contributed by atoms with Crippen molar-refractivity contribution >= 4 is 17.5 Å². The number of pyridine rings is 1. The minimum atomic E-state index is 0.147. The van der Waals surface area contributed by atoms with E-state index < -0.39 is 0 Å². The van der Waals surface area contributed by atoms with Crippen LogP contribution in [0.2, 0.25) is 5.02 Å². The summed E-state index contributed by atoms with van der Waals surface area (Å²) < 4.78 is 0. The van der Waals surface area contributed by atoms with E-state index in [0.29, 0.717) is 18.0 Å². The van der Waals surface area contributed by atoms with Gasteiger partial charge in [0.25, 0.3) is 0 Å². The van der Waals surface area contributed by atoms with E-state index in [-0.39, 0.29) is 11.9 Å². The van der Waals surface area contributed by atoms with Crippen molar-refractivity contribution in [1.29, 1.82) is 0 Å². The van der Waals surface area contributed by atoms with Gasteiger partial charge in [0.15, 0.2) is 0 Å². The zero-order chi connectivity index (χ0) is 11.4. The Balaban J connectivity index is 1.76. The van der Waals surface area contributed by atoms with Crippen molar-refractivity contribution in [2.24, 2.45) is 0 Å². The van der Waals surface area contributed by atoms with Crippen molar-refractivity contribution in [3.63, 3.8) is 0 Å². The second kappa shape index (κ2) is 5.27. The molecular weight excluding hydrogens is 226 g/mol. The quantitative estimate of drug-likeness (QED) is 0.828. The average molecular weight is 240 g/mol. The van der Waals surface area contributed by atoms with Crippen LogP contribution in [-0.2, 0) is 11.3 Å². The molecule has 1 saturated heterocycles. The highest BCUT2D eigenvalue weighted by Gasteiger charge is 2.19. The van der Waals surface area contributed by atoms with Gasteiger partial charge >= 0.3 is 0 Å². The maximum atomic E-state index is 11.0. The lowest BCUT2D eigenvalue weighted by Gasteiger charge is -2.11. The fraction of sp³-hybridized carbons (Fsp3) is 0.455. The number of amides is 1. The van der Waals surface area contributed by atoms with E-state index in [4.69, 9.17) is 11.6 Å². The summed E-state index contributed by atoms with van der Waals surface area (Å²) in [6.45, 7) is 1.48. The van der Waals surface area contributed by atoms with Crippen molar-refractivity contribution in [2.75, 3.05) is 6.54 Å². The molecule has 0 bridgehead atoms. The molecule has 5 heteroatoms. The number of hydrogen-bond acceptors (Lipinski definition) is 3. The third-order valence-electron chi connectivity index (χ3n) is 2.65. The molecule has 1 amide bonds. The Morgan fingerprint density at radius 1 is 1.62 bits per heavy atom. The second-order valence-corrected chi connectivity index (χ2v) is 4.31. The van der Waals surface area contributed by atoms with Crippen molar-refractivity contribution in [3.8, 4) is 0 Å². The van der Waals surface area contributed by atoms with E-state index in [2.05, 4.69) is 15.6 Å². The molecule has 16 heavy (non-hydrogen) atoms. The molecule has 2 rings (SSSR count). The maximum Gasteiger partial charge on any atom is 0.220 e. The molecule has 1 aliphatic heterocycles. The van der Waals surface area contributed by atoms with E-state index in [0.717, 1.165) is 18.5 Å². The van der Waals surface area contributed by atoms with Crippen molar-refractivity contribution in [1.82, 2.24) is 15.6 Å². The standard InChI is InChI=1S/C11H14ClN3O/c12-10-7-13-4-3-8(10)5-14-6-9-1-2-11(16)15-9/h3-4,7,9,14H,1-2,5-6H2,(H,15,16). The minimum Gasteiger partial charge on any atom is -0.352 e. The van der Waals surface area contributed by atoms with E-state index in [1.54, 1.807) is 12.4 Å². The van der Waals surface area contributed by atoms with Crippen molar-refractivity contribution < 1.29 is 4.79 Å². The molecule has 4 nitrogen and oxygen atoms in total. The molecule has 2 N–H and O–H groups in total. The Morgan fingerprint density at radius 3 is 3.19 bits per heavy atom. The molecule has 0 saturated carbocycles. The number of nitrogens with one attached hydrogen (secondary N) is 2. The Bertz CT molecular complexity index is 383. The van der Waals surface area contributed by atoms with Gasteiger partial charge in [-0.1, -0.05) is 11.6 Å².